The molecule has 1 amide bonds. The molecule has 1 rings (SSSR count). The van der Waals surface area contributed by atoms with Gasteiger partial charge in [0, 0.05) is 0 Å². The van der Waals surface area contributed by atoms with E-state index in [1.165, 1.54) is 7.05 Å². The summed E-state index contributed by atoms with van der Waals surface area (Å²) in [4.78, 5) is 11.7. The first-order valence-corrected chi connectivity index (χ1v) is 3.61. The van der Waals surface area contributed by atoms with Crippen LogP contribution in [0.1, 0.15) is 0 Å². The average molecular weight is 225 g/mol. The lowest BCUT2D eigenvalue weighted by Crippen LogP contribution is -2.23. The lowest BCUT2D eigenvalue weighted by Gasteiger charge is -2.06. The predicted molar refractivity (Wildman–Crippen MR) is 39.8 cm³/mol. The standard InChI is InChI=1S/C5H6F3N5O2/c1-13-11-3(10-12-13)9-4(14)15-2-5(6,7)8/h2H2,1H3,(H,9,11,14). The number of ether oxygens (including phenoxy) is 1. The molecule has 0 aliphatic heterocycles. The van der Waals surface area contributed by atoms with Gasteiger partial charge in [0.15, 0.2) is 6.61 Å². The van der Waals surface area contributed by atoms with Crippen molar-refractivity contribution in [2.45, 2.75) is 6.18 Å². The third-order valence-corrected chi connectivity index (χ3v) is 1.09. The van der Waals surface area contributed by atoms with Gasteiger partial charge >= 0.3 is 12.3 Å². The number of alkyl halides is 3. The van der Waals surface area contributed by atoms with Crippen LogP contribution in [0.3, 0.4) is 0 Å². The topological polar surface area (TPSA) is 81.9 Å². The molecule has 0 aliphatic carbocycles. The number of hydrogen-bond acceptors (Lipinski definition) is 5. The molecule has 0 saturated carbocycles. The van der Waals surface area contributed by atoms with Crippen LogP contribution in [0.25, 0.3) is 0 Å². The Morgan fingerprint density at radius 2 is 2.27 bits per heavy atom. The number of aryl methyl sites for hydroxylation is 1. The summed E-state index contributed by atoms with van der Waals surface area (Å²) >= 11 is 0. The van der Waals surface area contributed by atoms with Gasteiger partial charge in [0.1, 0.15) is 0 Å². The van der Waals surface area contributed by atoms with Crippen molar-refractivity contribution in [1.82, 2.24) is 20.2 Å². The van der Waals surface area contributed by atoms with Gasteiger partial charge in [-0.05, 0) is 5.21 Å². The van der Waals surface area contributed by atoms with Crippen LogP contribution in [-0.4, -0.2) is 39.1 Å². The van der Waals surface area contributed by atoms with Gasteiger partial charge in [-0.3, -0.25) is 5.32 Å². The summed E-state index contributed by atoms with van der Waals surface area (Å²) in [6.45, 7) is -1.67. The molecule has 15 heavy (non-hydrogen) atoms. The van der Waals surface area contributed by atoms with Crippen molar-refractivity contribution in [2.24, 2.45) is 7.05 Å². The van der Waals surface area contributed by atoms with Crippen molar-refractivity contribution in [3.05, 3.63) is 0 Å². The van der Waals surface area contributed by atoms with Gasteiger partial charge in [-0.15, -0.1) is 5.10 Å². The maximum atomic E-state index is 11.6. The molecule has 1 heterocycles. The van der Waals surface area contributed by atoms with Crippen LogP contribution < -0.4 is 5.32 Å². The molecular formula is C5H6F3N5O2. The van der Waals surface area contributed by atoms with Crippen molar-refractivity contribution in [3.63, 3.8) is 0 Å². The SMILES string of the molecule is Cn1nnc(NC(=O)OCC(F)(F)F)n1. The third kappa shape index (κ3) is 4.24. The van der Waals surface area contributed by atoms with Gasteiger partial charge < -0.3 is 4.74 Å². The fraction of sp³-hybridized carbons (Fsp3) is 0.600. The van der Waals surface area contributed by atoms with E-state index >= 15 is 0 Å². The molecule has 84 valence electrons. The zero-order valence-corrected chi connectivity index (χ0v) is 7.45. The van der Waals surface area contributed by atoms with Crippen LogP contribution in [0.5, 0.6) is 0 Å². The van der Waals surface area contributed by atoms with E-state index in [4.69, 9.17) is 0 Å². The Morgan fingerprint density at radius 1 is 1.60 bits per heavy atom. The molecule has 0 saturated heterocycles. The van der Waals surface area contributed by atoms with Crippen molar-refractivity contribution in [3.8, 4) is 0 Å². The minimum absolute atomic E-state index is 0.232. The molecule has 0 radical (unpaired) electrons. The van der Waals surface area contributed by atoms with Gasteiger partial charge in [0.05, 0.1) is 7.05 Å². The quantitative estimate of drug-likeness (QED) is 0.783. The number of anilines is 1. The molecule has 0 bridgehead atoms. The zero-order valence-electron chi connectivity index (χ0n) is 7.45. The highest BCUT2D eigenvalue weighted by molar-refractivity contribution is 5.81. The molecule has 0 fully saturated rings. The number of carbonyl (C=O) groups is 1. The number of carbonyl (C=O) groups excluding carboxylic acids is 1. The van der Waals surface area contributed by atoms with Crippen molar-refractivity contribution < 1.29 is 22.7 Å². The minimum Gasteiger partial charge on any atom is -0.440 e. The molecule has 0 unspecified atom stereocenters. The summed E-state index contributed by atoms with van der Waals surface area (Å²) in [5.41, 5.74) is 0. The van der Waals surface area contributed by atoms with Crippen molar-refractivity contribution in [2.75, 3.05) is 11.9 Å². The molecule has 1 aromatic heterocycles. The zero-order chi connectivity index (χ0) is 11.5. The molecule has 0 aromatic carbocycles. The molecule has 0 atom stereocenters. The number of aromatic nitrogens is 4. The van der Waals surface area contributed by atoms with Gasteiger partial charge in [0.25, 0.3) is 5.95 Å². The van der Waals surface area contributed by atoms with Crippen LogP contribution in [0, 0.1) is 0 Å². The smallest absolute Gasteiger partial charge is 0.422 e. The number of hydrogen-bond donors (Lipinski definition) is 1. The second kappa shape index (κ2) is 4.11. The van der Waals surface area contributed by atoms with Crippen LogP contribution in [-0.2, 0) is 11.8 Å². The Kier molecular flexibility index (Phi) is 3.07. The molecule has 1 aromatic rings. The maximum absolute atomic E-state index is 11.6. The molecule has 1 N–H and O–H groups in total. The summed E-state index contributed by atoms with van der Waals surface area (Å²) < 4.78 is 38.6. The Labute approximate surface area is 81.2 Å². The van der Waals surface area contributed by atoms with E-state index in [1.807, 2.05) is 5.32 Å². The van der Waals surface area contributed by atoms with E-state index in [1.54, 1.807) is 0 Å². The first-order chi connectivity index (χ1) is 6.87. The third-order valence-electron chi connectivity index (χ3n) is 1.09. The summed E-state index contributed by atoms with van der Waals surface area (Å²) in [6, 6.07) is 0. The van der Waals surface area contributed by atoms with Crippen LogP contribution in [0.4, 0.5) is 23.9 Å². The van der Waals surface area contributed by atoms with Gasteiger partial charge in [-0.25, -0.2) is 4.79 Å². The van der Waals surface area contributed by atoms with Gasteiger partial charge in [-0.1, -0.05) is 5.10 Å². The summed E-state index contributed by atoms with van der Waals surface area (Å²) in [6.07, 6.45) is -5.85. The lowest BCUT2D eigenvalue weighted by atomic mass is 10.7. The Morgan fingerprint density at radius 3 is 2.73 bits per heavy atom. The largest absolute Gasteiger partial charge is 0.440 e. The van der Waals surface area contributed by atoms with E-state index in [-0.39, 0.29) is 5.95 Å². The molecular weight excluding hydrogens is 219 g/mol. The highest BCUT2D eigenvalue weighted by Gasteiger charge is 2.29. The second-order valence-electron chi connectivity index (χ2n) is 2.42. The molecule has 7 nitrogen and oxygen atoms in total. The fourth-order valence-corrected chi connectivity index (χ4v) is 0.609. The van der Waals surface area contributed by atoms with E-state index in [9.17, 15) is 18.0 Å². The Balaban J connectivity index is 2.37. The van der Waals surface area contributed by atoms with Gasteiger partial charge in [-0.2, -0.15) is 18.0 Å². The summed E-state index contributed by atoms with van der Waals surface area (Å²) in [5, 5.41) is 12.0. The Bertz CT molecular complexity index is 349. The maximum Gasteiger partial charge on any atom is 0.422 e. The number of nitrogens with one attached hydrogen (secondary N) is 1. The first kappa shape index (κ1) is 11.2. The van der Waals surface area contributed by atoms with E-state index in [0.29, 0.717) is 0 Å². The number of tetrazole rings is 1. The van der Waals surface area contributed by atoms with Crippen LogP contribution in [0.15, 0.2) is 0 Å². The number of amides is 1. The monoisotopic (exact) mass is 225 g/mol. The Hall–Kier alpha value is -1.87. The van der Waals surface area contributed by atoms with Crippen molar-refractivity contribution in [1.29, 1.82) is 0 Å². The van der Waals surface area contributed by atoms with Crippen LogP contribution >= 0.6 is 0 Å². The van der Waals surface area contributed by atoms with E-state index < -0.39 is 18.9 Å². The number of nitrogens with zero attached hydrogens (tertiary/aromatic N) is 4. The first-order valence-electron chi connectivity index (χ1n) is 3.61. The second-order valence-corrected chi connectivity index (χ2v) is 2.42. The molecule has 10 heteroatoms. The van der Waals surface area contributed by atoms with Crippen LogP contribution in [0.2, 0.25) is 0 Å². The predicted octanol–water partition coefficient (Wildman–Crippen LogP) is 0.321. The van der Waals surface area contributed by atoms with E-state index in [0.717, 1.165) is 4.80 Å². The summed E-state index contributed by atoms with van der Waals surface area (Å²) in [5.74, 6) is -0.232. The van der Waals surface area contributed by atoms with Crippen molar-refractivity contribution >= 4 is 12.0 Å². The lowest BCUT2D eigenvalue weighted by molar-refractivity contribution is -0.159. The van der Waals surface area contributed by atoms with Gasteiger partial charge in [0.2, 0.25) is 0 Å². The number of halogens is 3. The minimum atomic E-state index is -4.56. The molecule has 0 spiro atoms. The normalized spacial score (nSPS) is 11.2. The highest BCUT2D eigenvalue weighted by Crippen LogP contribution is 2.14. The fourth-order valence-electron chi connectivity index (χ4n) is 0.609. The molecule has 0 aliphatic rings. The average Bonchev–Trinajstić information content (AvgIpc) is 2.47. The number of rotatable bonds is 2. The highest BCUT2D eigenvalue weighted by atomic mass is 19.4. The van der Waals surface area contributed by atoms with E-state index in [2.05, 4.69) is 20.1 Å². The summed E-state index contributed by atoms with van der Waals surface area (Å²) in [7, 11) is 1.43.